The predicted octanol–water partition coefficient (Wildman–Crippen LogP) is 14.0. The molecule has 11 rings (SSSR count). The fourth-order valence-corrected chi connectivity index (χ4v) is 10.2. The summed E-state index contributed by atoms with van der Waals surface area (Å²) in [6.45, 7) is 0. The summed E-state index contributed by atoms with van der Waals surface area (Å²) in [4.78, 5) is 15.4. The van der Waals surface area contributed by atoms with Crippen LogP contribution in [-0.2, 0) is 0 Å². The normalized spacial score (nSPS) is 12.2. The quantitative estimate of drug-likeness (QED) is 0.176. The highest BCUT2D eigenvalue weighted by Gasteiger charge is 2.24. The Morgan fingerprint density at radius 1 is 0.382 bits per heavy atom. The second-order valence-electron chi connectivity index (χ2n) is 13.8. The van der Waals surface area contributed by atoms with Crippen molar-refractivity contribution in [2.24, 2.45) is 0 Å². The molecule has 2 aromatic heterocycles. The van der Waals surface area contributed by atoms with E-state index < -0.39 is 0 Å². The Morgan fingerprint density at radius 2 is 0.964 bits per heavy atom. The van der Waals surface area contributed by atoms with Crippen molar-refractivity contribution in [1.29, 1.82) is 0 Å². The first-order valence-electron chi connectivity index (χ1n) is 18.4. The Hall–Kier alpha value is -6.40. The number of para-hydroxylation sites is 1. The summed E-state index contributed by atoms with van der Waals surface area (Å²) >= 11 is 3.77. The minimum absolute atomic E-state index is 0.704. The summed E-state index contributed by atoms with van der Waals surface area (Å²) < 4.78 is 2.47. The van der Waals surface area contributed by atoms with E-state index in [1.165, 1.54) is 52.2 Å². The van der Waals surface area contributed by atoms with E-state index in [0.29, 0.717) is 5.82 Å². The van der Waals surface area contributed by atoms with Crippen molar-refractivity contribution < 1.29 is 0 Å². The molecule has 0 saturated heterocycles. The molecule has 0 amide bonds. The van der Waals surface area contributed by atoms with E-state index in [9.17, 15) is 0 Å². The molecule has 5 heteroatoms. The molecule has 0 saturated carbocycles. The van der Waals surface area contributed by atoms with Gasteiger partial charge in [0.15, 0.2) is 5.82 Å². The number of fused-ring (bicyclic) bond motifs is 7. The lowest BCUT2D eigenvalue weighted by molar-refractivity contribution is 1.12. The van der Waals surface area contributed by atoms with Crippen LogP contribution in [0.15, 0.2) is 208 Å². The molecule has 0 N–H and O–H groups in total. The molecule has 1 aliphatic rings. The molecule has 0 bridgehead atoms. The van der Waals surface area contributed by atoms with Crippen molar-refractivity contribution >= 4 is 56.1 Å². The van der Waals surface area contributed by atoms with Crippen LogP contribution in [0.5, 0.6) is 0 Å². The zero-order valence-electron chi connectivity index (χ0n) is 29.6. The summed E-state index contributed by atoms with van der Waals surface area (Å²) in [5.41, 5.74) is 10.7. The first-order chi connectivity index (χ1) is 27.2. The molecule has 0 spiro atoms. The SMILES string of the molecule is c1ccc(-c2cc(-c3ccccc3)nc(-c3cccc(-c4cccc(-n5c6ccccc6c6ccc7c(c65)Sc5cc6ccccc6cc5S7)c4)c3)n2)cc1. The van der Waals surface area contributed by atoms with Gasteiger partial charge in [0.05, 0.1) is 27.3 Å². The summed E-state index contributed by atoms with van der Waals surface area (Å²) in [5, 5.41) is 5.07. The van der Waals surface area contributed by atoms with Gasteiger partial charge < -0.3 is 4.57 Å². The van der Waals surface area contributed by atoms with E-state index in [0.717, 1.165) is 44.9 Å². The van der Waals surface area contributed by atoms with Crippen LogP contribution >= 0.6 is 23.5 Å². The highest BCUT2D eigenvalue weighted by molar-refractivity contribution is 8.05. The van der Waals surface area contributed by atoms with Crippen molar-refractivity contribution in [3.8, 4) is 50.7 Å². The Balaban J connectivity index is 1.04. The minimum Gasteiger partial charge on any atom is -0.308 e. The second kappa shape index (κ2) is 13.2. The van der Waals surface area contributed by atoms with Crippen molar-refractivity contribution in [3.05, 3.63) is 188 Å². The van der Waals surface area contributed by atoms with E-state index in [1.807, 2.05) is 35.7 Å². The van der Waals surface area contributed by atoms with Crippen molar-refractivity contribution in [2.75, 3.05) is 0 Å². The van der Waals surface area contributed by atoms with E-state index in [-0.39, 0.29) is 0 Å². The van der Waals surface area contributed by atoms with Crippen LogP contribution in [-0.4, -0.2) is 14.5 Å². The van der Waals surface area contributed by atoms with Crippen LogP contribution in [0.1, 0.15) is 0 Å². The van der Waals surface area contributed by atoms with Gasteiger partial charge in [0, 0.05) is 47.8 Å². The number of hydrogen-bond acceptors (Lipinski definition) is 4. The topological polar surface area (TPSA) is 30.7 Å². The van der Waals surface area contributed by atoms with Crippen LogP contribution in [0.3, 0.4) is 0 Å². The molecule has 3 nitrogen and oxygen atoms in total. The van der Waals surface area contributed by atoms with Crippen molar-refractivity contribution in [3.63, 3.8) is 0 Å². The van der Waals surface area contributed by atoms with Gasteiger partial charge in [-0.1, -0.05) is 163 Å². The molecule has 0 unspecified atom stereocenters. The van der Waals surface area contributed by atoms with Gasteiger partial charge in [-0.25, -0.2) is 9.97 Å². The third-order valence-corrected chi connectivity index (χ3v) is 13.0. The van der Waals surface area contributed by atoms with Gasteiger partial charge >= 0.3 is 0 Å². The smallest absolute Gasteiger partial charge is 0.160 e. The number of hydrogen-bond donors (Lipinski definition) is 0. The molecule has 8 aromatic carbocycles. The predicted molar refractivity (Wildman–Crippen MR) is 230 cm³/mol. The Labute approximate surface area is 327 Å². The highest BCUT2D eigenvalue weighted by atomic mass is 32.2. The third-order valence-electron chi connectivity index (χ3n) is 10.4. The second-order valence-corrected chi connectivity index (χ2v) is 16.0. The van der Waals surface area contributed by atoms with E-state index in [1.54, 1.807) is 0 Å². The third kappa shape index (κ3) is 5.63. The summed E-state index contributed by atoms with van der Waals surface area (Å²) in [6.07, 6.45) is 0. The van der Waals surface area contributed by atoms with Gasteiger partial charge in [-0.05, 0) is 70.4 Å². The maximum Gasteiger partial charge on any atom is 0.160 e. The maximum atomic E-state index is 5.11. The van der Waals surface area contributed by atoms with Crippen LogP contribution in [0.25, 0.3) is 83.3 Å². The molecule has 0 fully saturated rings. The average molecular weight is 738 g/mol. The molecule has 0 atom stereocenters. The van der Waals surface area contributed by atoms with Gasteiger partial charge in [-0.2, -0.15) is 0 Å². The van der Waals surface area contributed by atoms with Gasteiger partial charge in [0.2, 0.25) is 0 Å². The largest absolute Gasteiger partial charge is 0.308 e. The highest BCUT2D eigenvalue weighted by Crippen LogP contribution is 2.53. The van der Waals surface area contributed by atoms with Crippen LogP contribution in [0, 0.1) is 0 Å². The van der Waals surface area contributed by atoms with Crippen LogP contribution < -0.4 is 0 Å². The summed E-state index contributed by atoms with van der Waals surface area (Å²) in [5.74, 6) is 0.704. The van der Waals surface area contributed by atoms with Gasteiger partial charge in [0.25, 0.3) is 0 Å². The Morgan fingerprint density at radius 3 is 1.69 bits per heavy atom. The Kier molecular flexibility index (Phi) is 7.68. The number of nitrogens with zero attached hydrogens (tertiary/aromatic N) is 3. The van der Waals surface area contributed by atoms with Crippen LogP contribution in [0.2, 0.25) is 0 Å². The first-order valence-corrected chi connectivity index (χ1v) is 20.0. The average Bonchev–Trinajstić information content (AvgIpc) is 3.60. The molecule has 55 heavy (non-hydrogen) atoms. The lowest BCUT2D eigenvalue weighted by atomic mass is 10.0. The molecular weight excluding hydrogens is 707 g/mol. The van der Waals surface area contributed by atoms with E-state index in [4.69, 9.17) is 9.97 Å². The van der Waals surface area contributed by atoms with E-state index >= 15 is 0 Å². The van der Waals surface area contributed by atoms with Gasteiger partial charge in [-0.3, -0.25) is 0 Å². The van der Waals surface area contributed by atoms with Crippen LogP contribution in [0.4, 0.5) is 0 Å². The molecule has 3 heterocycles. The lowest BCUT2D eigenvalue weighted by Crippen LogP contribution is -1.98. The zero-order valence-corrected chi connectivity index (χ0v) is 31.2. The minimum atomic E-state index is 0.704. The van der Waals surface area contributed by atoms with Gasteiger partial charge in [0.1, 0.15) is 0 Å². The first kappa shape index (κ1) is 32.1. The maximum absolute atomic E-state index is 5.11. The summed E-state index contributed by atoms with van der Waals surface area (Å²) in [7, 11) is 0. The number of aromatic nitrogens is 3. The fraction of sp³-hybridized carbons (Fsp3) is 0. The molecule has 1 aliphatic heterocycles. The van der Waals surface area contributed by atoms with E-state index in [2.05, 4.69) is 180 Å². The fourth-order valence-electron chi connectivity index (χ4n) is 7.79. The molecule has 258 valence electrons. The number of benzene rings is 8. The molecular formula is C50H31N3S2. The van der Waals surface area contributed by atoms with Gasteiger partial charge in [-0.15, -0.1) is 0 Å². The van der Waals surface area contributed by atoms with Crippen molar-refractivity contribution in [1.82, 2.24) is 14.5 Å². The molecule has 0 radical (unpaired) electrons. The monoisotopic (exact) mass is 737 g/mol. The number of rotatable bonds is 5. The zero-order chi connectivity index (χ0) is 36.3. The Bertz CT molecular complexity index is 3040. The summed E-state index contributed by atoms with van der Waals surface area (Å²) in [6, 6.07) is 67.1. The van der Waals surface area contributed by atoms with Crippen molar-refractivity contribution in [2.45, 2.75) is 19.6 Å². The lowest BCUT2D eigenvalue weighted by Gasteiger charge is -2.21. The molecule has 10 aromatic rings. The standard InChI is InChI=1S/C50H31N3S2/c1-3-13-32(14-4-1)42-31-43(33-15-5-2-6-16-33)52-50(51-42)38-21-11-19-34(27-38)35-20-12-22-39(28-35)53-44-24-10-9-23-40(44)41-25-26-45-49(48(41)53)55-47-30-37-18-8-7-17-36(37)29-46(47)54-45/h1-31H. The molecule has 0 aliphatic carbocycles.